The summed E-state index contributed by atoms with van der Waals surface area (Å²) in [4.78, 5) is 0. The van der Waals surface area contributed by atoms with Crippen molar-refractivity contribution in [3.63, 3.8) is 0 Å². The standard InChI is InChI=1S/C11H13ClF3NO/c1-16-4-3-7-5-8(12)6-9(10(7)17-2)11(13,14)15/h5-6,16H,3-4H2,1-2H3. The highest BCUT2D eigenvalue weighted by Crippen LogP contribution is 2.40. The first-order valence-electron chi connectivity index (χ1n) is 4.98. The van der Waals surface area contributed by atoms with Gasteiger partial charge in [0.05, 0.1) is 12.7 Å². The first-order valence-corrected chi connectivity index (χ1v) is 5.36. The average Bonchev–Trinajstić information content (AvgIpc) is 2.24. The van der Waals surface area contributed by atoms with E-state index in [1.54, 1.807) is 7.05 Å². The topological polar surface area (TPSA) is 21.3 Å². The summed E-state index contributed by atoms with van der Waals surface area (Å²) in [6.07, 6.45) is -4.05. The molecule has 0 saturated carbocycles. The Hall–Kier alpha value is -0.940. The molecule has 6 heteroatoms. The van der Waals surface area contributed by atoms with Gasteiger partial charge in [0.2, 0.25) is 0 Å². The number of alkyl halides is 3. The summed E-state index contributed by atoms with van der Waals surface area (Å²) >= 11 is 5.69. The van der Waals surface area contributed by atoms with Crippen LogP contribution < -0.4 is 10.1 Å². The molecule has 1 aromatic rings. The number of benzene rings is 1. The van der Waals surface area contributed by atoms with E-state index < -0.39 is 11.7 Å². The van der Waals surface area contributed by atoms with Crippen molar-refractivity contribution in [1.82, 2.24) is 5.32 Å². The molecule has 1 aromatic carbocycles. The molecule has 0 aromatic heterocycles. The van der Waals surface area contributed by atoms with Crippen molar-refractivity contribution in [3.05, 3.63) is 28.3 Å². The minimum Gasteiger partial charge on any atom is -0.496 e. The molecule has 1 N–H and O–H groups in total. The molecule has 0 fully saturated rings. The largest absolute Gasteiger partial charge is 0.496 e. The highest BCUT2D eigenvalue weighted by atomic mass is 35.5. The zero-order chi connectivity index (χ0) is 13.1. The molecule has 0 amide bonds. The van der Waals surface area contributed by atoms with Gasteiger partial charge in [-0.25, -0.2) is 0 Å². The monoisotopic (exact) mass is 267 g/mol. The zero-order valence-corrected chi connectivity index (χ0v) is 10.2. The van der Waals surface area contributed by atoms with E-state index in [-0.39, 0.29) is 10.8 Å². The lowest BCUT2D eigenvalue weighted by molar-refractivity contribution is -0.138. The fourth-order valence-electron chi connectivity index (χ4n) is 1.55. The Bertz CT molecular complexity index is 393. The highest BCUT2D eigenvalue weighted by molar-refractivity contribution is 6.30. The lowest BCUT2D eigenvalue weighted by atomic mass is 10.1. The third-order valence-electron chi connectivity index (χ3n) is 2.28. The molecule has 0 atom stereocenters. The van der Waals surface area contributed by atoms with Gasteiger partial charge in [-0.15, -0.1) is 0 Å². The molecule has 0 aliphatic rings. The van der Waals surface area contributed by atoms with Gasteiger partial charge in [-0.05, 0) is 37.7 Å². The predicted octanol–water partition coefficient (Wildman–Crippen LogP) is 3.13. The molecule has 0 saturated heterocycles. The highest BCUT2D eigenvalue weighted by Gasteiger charge is 2.35. The molecule has 1 rings (SSSR count). The van der Waals surface area contributed by atoms with E-state index in [1.165, 1.54) is 13.2 Å². The summed E-state index contributed by atoms with van der Waals surface area (Å²) in [5.74, 6) is -0.155. The third-order valence-corrected chi connectivity index (χ3v) is 2.50. The molecule has 0 aliphatic carbocycles. The number of hydrogen-bond donors (Lipinski definition) is 1. The van der Waals surface area contributed by atoms with Crippen molar-refractivity contribution < 1.29 is 17.9 Å². The third kappa shape index (κ3) is 3.51. The summed E-state index contributed by atoms with van der Waals surface area (Å²) in [6, 6.07) is 2.37. The molecule has 17 heavy (non-hydrogen) atoms. The van der Waals surface area contributed by atoms with E-state index in [9.17, 15) is 13.2 Å². The van der Waals surface area contributed by atoms with E-state index in [0.717, 1.165) is 6.07 Å². The first kappa shape index (κ1) is 14.1. The molecule has 0 bridgehead atoms. The molecular weight excluding hydrogens is 255 g/mol. The number of likely N-dealkylation sites (N-methyl/N-ethyl adjacent to an activating group) is 1. The van der Waals surface area contributed by atoms with Crippen LogP contribution in [-0.2, 0) is 12.6 Å². The molecule has 2 nitrogen and oxygen atoms in total. The fourth-order valence-corrected chi connectivity index (χ4v) is 1.79. The molecule has 96 valence electrons. The predicted molar refractivity (Wildman–Crippen MR) is 60.6 cm³/mol. The second-order valence-electron chi connectivity index (χ2n) is 3.50. The van der Waals surface area contributed by atoms with Crippen LogP contribution in [0.3, 0.4) is 0 Å². The number of halogens is 4. The summed E-state index contributed by atoms with van der Waals surface area (Å²) in [7, 11) is 2.95. The molecule has 0 spiro atoms. The van der Waals surface area contributed by atoms with E-state index in [2.05, 4.69) is 5.32 Å². The molecule has 0 heterocycles. The summed E-state index contributed by atoms with van der Waals surface area (Å²) in [5, 5.41) is 2.92. The van der Waals surface area contributed by atoms with Crippen LogP contribution in [0, 0.1) is 0 Å². The van der Waals surface area contributed by atoms with Crippen molar-refractivity contribution in [3.8, 4) is 5.75 Å². The van der Waals surface area contributed by atoms with Crippen molar-refractivity contribution >= 4 is 11.6 Å². The quantitative estimate of drug-likeness (QED) is 0.905. The summed E-state index contributed by atoms with van der Waals surface area (Å²) in [6.45, 7) is 0.550. The second-order valence-corrected chi connectivity index (χ2v) is 3.93. The maximum atomic E-state index is 12.8. The van der Waals surface area contributed by atoms with Crippen LogP contribution in [0.4, 0.5) is 13.2 Å². The number of methoxy groups -OCH3 is 1. The van der Waals surface area contributed by atoms with Gasteiger partial charge in [-0.3, -0.25) is 0 Å². The Morgan fingerprint density at radius 1 is 1.35 bits per heavy atom. The molecular formula is C11H13ClF3NO. The lowest BCUT2D eigenvalue weighted by Gasteiger charge is -2.16. The lowest BCUT2D eigenvalue weighted by Crippen LogP contribution is -2.14. The van der Waals surface area contributed by atoms with Gasteiger partial charge in [0.1, 0.15) is 5.75 Å². The fraction of sp³-hybridized carbons (Fsp3) is 0.455. The molecule has 0 unspecified atom stereocenters. The minimum absolute atomic E-state index is 0.0595. The van der Waals surface area contributed by atoms with Gasteiger partial charge in [0, 0.05) is 5.02 Å². The van der Waals surface area contributed by atoms with Gasteiger partial charge in [0.15, 0.2) is 0 Å². The number of nitrogens with one attached hydrogen (secondary N) is 1. The maximum Gasteiger partial charge on any atom is 0.420 e. The normalized spacial score (nSPS) is 11.6. The number of rotatable bonds is 4. The van der Waals surface area contributed by atoms with Crippen LogP contribution >= 0.6 is 11.6 Å². The summed E-state index contributed by atoms with van der Waals surface area (Å²) < 4.78 is 43.1. The van der Waals surface area contributed by atoms with Crippen molar-refractivity contribution in [2.45, 2.75) is 12.6 Å². The van der Waals surface area contributed by atoms with Crippen LogP contribution in [0.15, 0.2) is 12.1 Å². The second kappa shape index (κ2) is 5.60. The van der Waals surface area contributed by atoms with Crippen LogP contribution in [0.2, 0.25) is 5.02 Å². The van der Waals surface area contributed by atoms with Gasteiger partial charge >= 0.3 is 6.18 Å². The smallest absolute Gasteiger partial charge is 0.420 e. The Balaban J connectivity index is 3.25. The SMILES string of the molecule is CNCCc1cc(Cl)cc(C(F)(F)F)c1OC. The summed E-state index contributed by atoms with van der Waals surface area (Å²) in [5.41, 5.74) is -0.389. The number of hydrogen-bond acceptors (Lipinski definition) is 2. The van der Waals surface area contributed by atoms with Crippen LogP contribution in [0.1, 0.15) is 11.1 Å². The van der Waals surface area contributed by atoms with E-state index in [1.807, 2.05) is 0 Å². The Labute approximate surface area is 103 Å². The van der Waals surface area contributed by atoms with E-state index >= 15 is 0 Å². The van der Waals surface area contributed by atoms with Crippen molar-refractivity contribution in [1.29, 1.82) is 0 Å². The molecule has 0 radical (unpaired) electrons. The maximum absolute atomic E-state index is 12.8. The first-order chi connectivity index (χ1) is 7.90. The van der Waals surface area contributed by atoms with Gasteiger partial charge < -0.3 is 10.1 Å². The van der Waals surface area contributed by atoms with E-state index in [4.69, 9.17) is 16.3 Å². The Kier molecular flexibility index (Phi) is 4.65. The van der Waals surface area contributed by atoms with Crippen LogP contribution in [0.5, 0.6) is 5.75 Å². The van der Waals surface area contributed by atoms with Crippen LogP contribution in [-0.4, -0.2) is 20.7 Å². The van der Waals surface area contributed by atoms with Gasteiger partial charge in [0.25, 0.3) is 0 Å². The Morgan fingerprint density at radius 3 is 2.47 bits per heavy atom. The van der Waals surface area contributed by atoms with Crippen LogP contribution in [0.25, 0.3) is 0 Å². The average molecular weight is 268 g/mol. The zero-order valence-electron chi connectivity index (χ0n) is 9.49. The van der Waals surface area contributed by atoms with Gasteiger partial charge in [-0.2, -0.15) is 13.2 Å². The number of ether oxygens (including phenoxy) is 1. The Morgan fingerprint density at radius 2 is 2.00 bits per heavy atom. The van der Waals surface area contributed by atoms with Crippen molar-refractivity contribution in [2.75, 3.05) is 20.7 Å². The van der Waals surface area contributed by atoms with Crippen molar-refractivity contribution in [2.24, 2.45) is 0 Å². The van der Waals surface area contributed by atoms with E-state index in [0.29, 0.717) is 18.5 Å². The van der Waals surface area contributed by atoms with Gasteiger partial charge in [-0.1, -0.05) is 11.6 Å². The minimum atomic E-state index is -4.47. The molecule has 0 aliphatic heterocycles.